The van der Waals surface area contributed by atoms with Gasteiger partial charge >= 0.3 is 0 Å². The van der Waals surface area contributed by atoms with Crippen LogP contribution in [0.3, 0.4) is 0 Å². The molecule has 0 radical (unpaired) electrons. The van der Waals surface area contributed by atoms with E-state index in [0.29, 0.717) is 16.9 Å². The van der Waals surface area contributed by atoms with Crippen molar-refractivity contribution in [1.29, 1.82) is 0 Å². The molecule has 0 saturated carbocycles. The standard InChI is InChI=1S/C6H7N5O2S/c1-11-6-4(2-9-11)5(7-3-8-6)10-14(12)13/h2-3H,1H3,(H,12,13)(H,7,8,10). The minimum atomic E-state index is -2.14. The molecular weight excluding hydrogens is 206 g/mol. The summed E-state index contributed by atoms with van der Waals surface area (Å²) in [4.78, 5) is 7.81. The molecule has 0 amide bonds. The fraction of sp³-hybridized carbons (Fsp3) is 0.167. The number of rotatable bonds is 2. The van der Waals surface area contributed by atoms with Gasteiger partial charge < -0.3 is 0 Å². The average Bonchev–Trinajstić information content (AvgIpc) is 2.49. The number of nitrogens with zero attached hydrogens (tertiary/aromatic N) is 4. The van der Waals surface area contributed by atoms with Gasteiger partial charge in [0.05, 0.1) is 11.6 Å². The molecule has 14 heavy (non-hydrogen) atoms. The normalized spacial score (nSPS) is 13.0. The maximum Gasteiger partial charge on any atom is 0.260 e. The van der Waals surface area contributed by atoms with E-state index >= 15 is 0 Å². The smallest absolute Gasteiger partial charge is 0.260 e. The summed E-state index contributed by atoms with van der Waals surface area (Å²) in [6, 6.07) is 0. The van der Waals surface area contributed by atoms with Crippen molar-refractivity contribution in [2.45, 2.75) is 0 Å². The molecule has 2 heterocycles. The quantitative estimate of drug-likeness (QED) is 0.680. The van der Waals surface area contributed by atoms with Crippen LogP contribution in [0.5, 0.6) is 0 Å². The van der Waals surface area contributed by atoms with Crippen LogP contribution in [0.25, 0.3) is 11.0 Å². The van der Waals surface area contributed by atoms with Gasteiger partial charge in [0.2, 0.25) is 0 Å². The van der Waals surface area contributed by atoms with Gasteiger partial charge in [-0.05, 0) is 0 Å². The molecule has 2 aromatic rings. The van der Waals surface area contributed by atoms with Crippen LogP contribution in [0.2, 0.25) is 0 Å². The molecule has 0 aromatic carbocycles. The van der Waals surface area contributed by atoms with Crippen molar-refractivity contribution in [3.05, 3.63) is 12.5 Å². The van der Waals surface area contributed by atoms with Gasteiger partial charge in [0, 0.05) is 7.05 Å². The van der Waals surface area contributed by atoms with E-state index in [0.717, 1.165) is 0 Å². The van der Waals surface area contributed by atoms with Gasteiger partial charge in [-0.1, -0.05) is 0 Å². The van der Waals surface area contributed by atoms with Gasteiger partial charge in [-0.15, -0.1) is 0 Å². The van der Waals surface area contributed by atoms with Crippen LogP contribution in [0.1, 0.15) is 0 Å². The Bertz CT molecular complexity index is 496. The Hall–Kier alpha value is -1.54. The minimum absolute atomic E-state index is 0.295. The van der Waals surface area contributed by atoms with Crippen molar-refractivity contribution in [3.63, 3.8) is 0 Å². The largest absolute Gasteiger partial charge is 0.289 e. The number of anilines is 1. The Labute approximate surface area is 81.6 Å². The summed E-state index contributed by atoms with van der Waals surface area (Å²) >= 11 is -2.14. The molecule has 0 aliphatic rings. The molecule has 1 atom stereocenters. The van der Waals surface area contributed by atoms with Crippen molar-refractivity contribution in [2.75, 3.05) is 4.72 Å². The summed E-state index contributed by atoms with van der Waals surface area (Å²) in [7, 11) is 1.73. The van der Waals surface area contributed by atoms with Crippen LogP contribution < -0.4 is 4.72 Å². The molecule has 0 spiro atoms. The van der Waals surface area contributed by atoms with E-state index in [1.54, 1.807) is 11.7 Å². The molecular formula is C6H7N5O2S. The SMILES string of the molecule is Cn1ncc2c(NS(=O)O)ncnc21. The Morgan fingerprint density at radius 1 is 1.57 bits per heavy atom. The van der Waals surface area contributed by atoms with E-state index in [1.165, 1.54) is 12.5 Å². The third-order valence-corrected chi connectivity index (χ3v) is 2.08. The number of fused-ring (bicyclic) bond motifs is 1. The second-order valence-electron chi connectivity index (χ2n) is 2.58. The molecule has 0 fully saturated rings. The first kappa shape index (κ1) is 9.03. The zero-order valence-corrected chi connectivity index (χ0v) is 8.02. The summed E-state index contributed by atoms with van der Waals surface area (Å²) in [6.07, 6.45) is 2.84. The molecule has 74 valence electrons. The summed E-state index contributed by atoms with van der Waals surface area (Å²) < 4.78 is 23.0. The van der Waals surface area contributed by atoms with Crippen molar-refractivity contribution >= 4 is 28.1 Å². The van der Waals surface area contributed by atoms with Gasteiger partial charge in [-0.2, -0.15) is 5.10 Å². The van der Waals surface area contributed by atoms with Gasteiger partial charge in [-0.25, -0.2) is 14.2 Å². The van der Waals surface area contributed by atoms with Crippen molar-refractivity contribution in [1.82, 2.24) is 19.7 Å². The van der Waals surface area contributed by atoms with Gasteiger partial charge in [0.15, 0.2) is 11.5 Å². The zero-order chi connectivity index (χ0) is 10.1. The second-order valence-corrected chi connectivity index (χ2v) is 3.28. The molecule has 2 N–H and O–H groups in total. The highest BCUT2D eigenvalue weighted by atomic mass is 32.2. The molecule has 1 unspecified atom stereocenters. The summed E-state index contributed by atoms with van der Waals surface area (Å²) in [5.41, 5.74) is 0.605. The predicted octanol–water partition coefficient (Wildman–Crippen LogP) is -0.0881. The highest BCUT2D eigenvalue weighted by Crippen LogP contribution is 2.17. The Balaban J connectivity index is 2.59. The van der Waals surface area contributed by atoms with E-state index in [-0.39, 0.29) is 0 Å². The van der Waals surface area contributed by atoms with Crippen LogP contribution in [0.4, 0.5) is 5.82 Å². The molecule has 0 aliphatic carbocycles. The van der Waals surface area contributed by atoms with E-state index in [2.05, 4.69) is 19.8 Å². The highest BCUT2D eigenvalue weighted by molar-refractivity contribution is 7.80. The van der Waals surface area contributed by atoms with Crippen LogP contribution >= 0.6 is 0 Å². The molecule has 2 aromatic heterocycles. The monoisotopic (exact) mass is 213 g/mol. The van der Waals surface area contributed by atoms with Crippen molar-refractivity contribution < 1.29 is 8.76 Å². The maximum atomic E-state index is 10.5. The maximum absolute atomic E-state index is 10.5. The fourth-order valence-corrected chi connectivity index (χ4v) is 1.45. The minimum Gasteiger partial charge on any atom is -0.289 e. The zero-order valence-electron chi connectivity index (χ0n) is 7.21. The van der Waals surface area contributed by atoms with E-state index < -0.39 is 11.3 Å². The van der Waals surface area contributed by atoms with Crippen molar-refractivity contribution in [2.24, 2.45) is 7.05 Å². The first-order valence-corrected chi connectivity index (χ1v) is 4.79. The van der Waals surface area contributed by atoms with Gasteiger partial charge in [-0.3, -0.25) is 14.0 Å². The molecule has 0 bridgehead atoms. The predicted molar refractivity (Wildman–Crippen MR) is 50.7 cm³/mol. The third-order valence-electron chi connectivity index (χ3n) is 1.71. The summed E-state index contributed by atoms with van der Waals surface area (Å²) in [5.74, 6) is 0.295. The van der Waals surface area contributed by atoms with Crippen molar-refractivity contribution in [3.8, 4) is 0 Å². The first-order chi connectivity index (χ1) is 6.68. The Morgan fingerprint density at radius 3 is 3.07 bits per heavy atom. The fourth-order valence-electron chi connectivity index (χ4n) is 1.13. The van der Waals surface area contributed by atoms with Crippen LogP contribution in [-0.4, -0.2) is 28.5 Å². The average molecular weight is 213 g/mol. The molecule has 7 nitrogen and oxygen atoms in total. The Morgan fingerprint density at radius 2 is 2.36 bits per heavy atom. The number of nitrogens with one attached hydrogen (secondary N) is 1. The van der Waals surface area contributed by atoms with Crippen LogP contribution in [0, 0.1) is 0 Å². The molecule has 0 aliphatic heterocycles. The first-order valence-electron chi connectivity index (χ1n) is 3.68. The van der Waals surface area contributed by atoms with E-state index in [1.807, 2.05) is 0 Å². The van der Waals surface area contributed by atoms with Gasteiger partial charge in [0.1, 0.15) is 6.33 Å². The lowest BCUT2D eigenvalue weighted by atomic mass is 10.4. The Kier molecular flexibility index (Phi) is 2.14. The number of hydrogen-bond acceptors (Lipinski definition) is 4. The van der Waals surface area contributed by atoms with E-state index in [9.17, 15) is 4.21 Å². The summed E-state index contributed by atoms with van der Waals surface area (Å²) in [6.45, 7) is 0. The topological polar surface area (TPSA) is 92.9 Å². The number of aromatic nitrogens is 4. The van der Waals surface area contributed by atoms with Crippen LogP contribution in [0.15, 0.2) is 12.5 Å². The highest BCUT2D eigenvalue weighted by Gasteiger charge is 2.08. The lowest BCUT2D eigenvalue weighted by molar-refractivity contribution is 0.570. The third kappa shape index (κ3) is 1.44. The molecule has 0 saturated heterocycles. The molecule has 8 heteroatoms. The number of hydrogen-bond donors (Lipinski definition) is 2. The van der Waals surface area contributed by atoms with Gasteiger partial charge in [0.25, 0.3) is 11.3 Å². The lowest BCUT2D eigenvalue weighted by Gasteiger charge is -2.00. The van der Waals surface area contributed by atoms with Crippen LogP contribution in [-0.2, 0) is 18.3 Å². The summed E-state index contributed by atoms with van der Waals surface area (Å²) in [5, 5.41) is 4.57. The second kappa shape index (κ2) is 3.31. The lowest BCUT2D eigenvalue weighted by Crippen LogP contribution is -2.04. The molecule has 2 rings (SSSR count). The number of aryl methyl sites for hydroxylation is 1. The van der Waals surface area contributed by atoms with E-state index in [4.69, 9.17) is 4.55 Å².